The molecule has 2 aromatic rings. The monoisotopic (exact) mass is 254 g/mol. The summed E-state index contributed by atoms with van der Waals surface area (Å²) in [4.78, 5) is 0. The second kappa shape index (κ2) is 5.72. The molecule has 100 valence electrons. The Labute approximate surface area is 115 Å². The van der Waals surface area contributed by atoms with Gasteiger partial charge in [-0.25, -0.2) is 0 Å². The Morgan fingerprint density at radius 3 is 2.89 bits per heavy atom. The van der Waals surface area contributed by atoms with E-state index in [1.165, 1.54) is 35.7 Å². The lowest BCUT2D eigenvalue weighted by Crippen LogP contribution is -2.35. The molecule has 2 atom stereocenters. The fourth-order valence-electron chi connectivity index (χ4n) is 2.99. The van der Waals surface area contributed by atoms with Crippen LogP contribution in [0.25, 0.3) is 10.8 Å². The molecule has 0 bridgehead atoms. The van der Waals surface area contributed by atoms with E-state index in [1.807, 2.05) is 0 Å². The first-order chi connectivity index (χ1) is 9.34. The van der Waals surface area contributed by atoms with Gasteiger partial charge in [0.05, 0.1) is 0 Å². The Hall–Kier alpha value is -1.38. The quantitative estimate of drug-likeness (QED) is 0.875. The second-order valence-electron chi connectivity index (χ2n) is 5.49. The minimum atomic E-state index is 0.397. The average Bonchev–Trinajstić information content (AvgIpc) is 2.97. The molecule has 0 aliphatic carbocycles. The molecular formula is C17H22N2. The van der Waals surface area contributed by atoms with E-state index in [0.717, 1.165) is 6.54 Å². The molecule has 0 radical (unpaired) electrons. The Morgan fingerprint density at radius 1 is 1.21 bits per heavy atom. The molecule has 0 saturated carbocycles. The van der Waals surface area contributed by atoms with Gasteiger partial charge in [0, 0.05) is 18.6 Å². The van der Waals surface area contributed by atoms with Crippen LogP contribution in [0, 0.1) is 0 Å². The van der Waals surface area contributed by atoms with E-state index in [4.69, 9.17) is 0 Å². The van der Waals surface area contributed by atoms with Crippen LogP contribution in [-0.4, -0.2) is 19.1 Å². The van der Waals surface area contributed by atoms with Crippen molar-refractivity contribution in [1.29, 1.82) is 0 Å². The normalized spacial score (nSPS) is 20.8. The Morgan fingerprint density at radius 2 is 2.05 bits per heavy atom. The van der Waals surface area contributed by atoms with Gasteiger partial charge in [0.1, 0.15) is 0 Å². The molecule has 2 nitrogen and oxygen atoms in total. The predicted octanol–water partition coefficient (Wildman–Crippen LogP) is 3.24. The van der Waals surface area contributed by atoms with Crippen molar-refractivity contribution in [3.63, 3.8) is 0 Å². The summed E-state index contributed by atoms with van der Waals surface area (Å²) in [6.45, 7) is 4.50. The van der Waals surface area contributed by atoms with Crippen LogP contribution in [0.5, 0.6) is 0 Å². The zero-order chi connectivity index (χ0) is 13.1. The van der Waals surface area contributed by atoms with Crippen LogP contribution < -0.4 is 10.6 Å². The van der Waals surface area contributed by atoms with Crippen molar-refractivity contribution >= 4 is 10.8 Å². The number of benzene rings is 2. The average molecular weight is 254 g/mol. The molecule has 0 amide bonds. The van der Waals surface area contributed by atoms with Gasteiger partial charge in [-0.1, -0.05) is 42.5 Å². The summed E-state index contributed by atoms with van der Waals surface area (Å²) >= 11 is 0. The SMILES string of the molecule is CC(NCC1CCCN1)c1cccc2ccccc12. The first-order valence-electron chi connectivity index (χ1n) is 7.29. The van der Waals surface area contributed by atoms with Gasteiger partial charge < -0.3 is 10.6 Å². The highest BCUT2D eigenvalue weighted by molar-refractivity contribution is 5.86. The van der Waals surface area contributed by atoms with Gasteiger partial charge in [-0.15, -0.1) is 0 Å². The maximum Gasteiger partial charge on any atom is 0.0298 e. The van der Waals surface area contributed by atoms with Crippen molar-refractivity contribution in [2.24, 2.45) is 0 Å². The molecule has 0 spiro atoms. The van der Waals surface area contributed by atoms with Gasteiger partial charge in [-0.3, -0.25) is 0 Å². The molecule has 2 heteroatoms. The van der Waals surface area contributed by atoms with Gasteiger partial charge in [0.15, 0.2) is 0 Å². The molecule has 0 aromatic heterocycles. The predicted molar refractivity (Wildman–Crippen MR) is 81.4 cm³/mol. The van der Waals surface area contributed by atoms with Crippen LogP contribution in [0.1, 0.15) is 31.4 Å². The summed E-state index contributed by atoms with van der Waals surface area (Å²) in [5.41, 5.74) is 1.40. The van der Waals surface area contributed by atoms with Crippen molar-refractivity contribution in [3.05, 3.63) is 48.0 Å². The minimum absolute atomic E-state index is 0.397. The van der Waals surface area contributed by atoms with E-state index in [0.29, 0.717) is 12.1 Å². The largest absolute Gasteiger partial charge is 0.313 e. The number of hydrogen-bond donors (Lipinski definition) is 2. The molecule has 2 unspecified atom stereocenters. The van der Waals surface area contributed by atoms with Crippen molar-refractivity contribution in [2.75, 3.05) is 13.1 Å². The highest BCUT2D eigenvalue weighted by Crippen LogP contribution is 2.24. The zero-order valence-electron chi connectivity index (χ0n) is 11.5. The van der Waals surface area contributed by atoms with E-state index >= 15 is 0 Å². The lowest BCUT2D eigenvalue weighted by Gasteiger charge is -2.19. The molecule has 19 heavy (non-hydrogen) atoms. The van der Waals surface area contributed by atoms with E-state index in [9.17, 15) is 0 Å². The summed E-state index contributed by atoms with van der Waals surface area (Å²) in [6, 6.07) is 16.3. The number of hydrogen-bond acceptors (Lipinski definition) is 2. The second-order valence-corrected chi connectivity index (χ2v) is 5.49. The molecule has 1 heterocycles. The Bertz CT molecular complexity index is 538. The van der Waals surface area contributed by atoms with Crippen molar-refractivity contribution in [1.82, 2.24) is 10.6 Å². The molecule has 3 rings (SSSR count). The minimum Gasteiger partial charge on any atom is -0.313 e. The van der Waals surface area contributed by atoms with Crippen molar-refractivity contribution in [3.8, 4) is 0 Å². The molecule has 1 aliphatic rings. The summed E-state index contributed by atoms with van der Waals surface area (Å²) < 4.78 is 0. The van der Waals surface area contributed by atoms with Gasteiger partial charge in [-0.05, 0) is 42.6 Å². The van der Waals surface area contributed by atoms with Crippen LogP contribution in [0.15, 0.2) is 42.5 Å². The topological polar surface area (TPSA) is 24.1 Å². The van der Waals surface area contributed by atoms with Crippen LogP contribution in [0.4, 0.5) is 0 Å². The van der Waals surface area contributed by atoms with Crippen LogP contribution in [0.2, 0.25) is 0 Å². The van der Waals surface area contributed by atoms with Gasteiger partial charge >= 0.3 is 0 Å². The van der Waals surface area contributed by atoms with Crippen LogP contribution in [0.3, 0.4) is 0 Å². The highest BCUT2D eigenvalue weighted by Gasteiger charge is 2.15. The fraction of sp³-hybridized carbons (Fsp3) is 0.412. The van der Waals surface area contributed by atoms with E-state index in [-0.39, 0.29) is 0 Å². The van der Waals surface area contributed by atoms with Crippen molar-refractivity contribution in [2.45, 2.75) is 31.8 Å². The molecular weight excluding hydrogens is 232 g/mol. The first-order valence-corrected chi connectivity index (χ1v) is 7.29. The Balaban J connectivity index is 1.75. The Kier molecular flexibility index (Phi) is 3.81. The number of nitrogens with one attached hydrogen (secondary N) is 2. The maximum absolute atomic E-state index is 3.67. The van der Waals surface area contributed by atoms with Crippen molar-refractivity contribution < 1.29 is 0 Å². The lowest BCUT2D eigenvalue weighted by atomic mass is 9.99. The number of fused-ring (bicyclic) bond motifs is 1. The smallest absolute Gasteiger partial charge is 0.0298 e. The molecule has 1 aliphatic heterocycles. The number of rotatable bonds is 4. The van der Waals surface area contributed by atoms with Gasteiger partial charge in [0.2, 0.25) is 0 Å². The molecule has 2 N–H and O–H groups in total. The van der Waals surface area contributed by atoms with Gasteiger partial charge in [0.25, 0.3) is 0 Å². The van der Waals surface area contributed by atoms with E-state index < -0.39 is 0 Å². The maximum atomic E-state index is 3.67. The lowest BCUT2D eigenvalue weighted by molar-refractivity contribution is 0.491. The molecule has 1 saturated heterocycles. The summed E-state index contributed by atoms with van der Waals surface area (Å²) in [7, 11) is 0. The third kappa shape index (κ3) is 2.80. The zero-order valence-corrected chi connectivity index (χ0v) is 11.5. The van der Waals surface area contributed by atoms with E-state index in [2.05, 4.69) is 60.0 Å². The first kappa shape index (κ1) is 12.6. The molecule has 1 fully saturated rings. The summed E-state index contributed by atoms with van der Waals surface area (Å²) in [6.07, 6.45) is 2.62. The fourth-order valence-corrected chi connectivity index (χ4v) is 2.99. The molecule has 2 aromatic carbocycles. The summed E-state index contributed by atoms with van der Waals surface area (Å²) in [5, 5.41) is 9.90. The standard InChI is InChI=1S/C17H22N2/c1-13(19-12-15-8-5-11-18-15)16-10-4-7-14-6-2-3-9-17(14)16/h2-4,6-7,9-10,13,15,18-19H,5,8,11-12H2,1H3. The highest BCUT2D eigenvalue weighted by atomic mass is 15.0. The third-order valence-electron chi connectivity index (χ3n) is 4.12. The van der Waals surface area contributed by atoms with Crippen LogP contribution >= 0.6 is 0 Å². The van der Waals surface area contributed by atoms with Gasteiger partial charge in [-0.2, -0.15) is 0 Å². The third-order valence-corrected chi connectivity index (χ3v) is 4.12. The van der Waals surface area contributed by atoms with E-state index in [1.54, 1.807) is 0 Å². The van der Waals surface area contributed by atoms with Crippen LogP contribution in [-0.2, 0) is 0 Å². The summed E-state index contributed by atoms with van der Waals surface area (Å²) in [5.74, 6) is 0.